The lowest BCUT2D eigenvalue weighted by molar-refractivity contribution is -0.136. The van der Waals surface area contributed by atoms with Crippen LogP contribution in [-0.4, -0.2) is 32.1 Å². The Hall–Kier alpha value is -1.88. The highest BCUT2D eigenvalue weighted by Gasteiger charge is 2.13. The fourth-order valence-electron chi connectivity index (χ4n) is 1.73. The number of carbonyl (C=O) groups is 2. The minimum atomic E-state index is -0.651. The van der Waals surface area contributed by atoms with Crippen LogP contribution in [0, 0.1) is 13.8 Å². The van der Waals surface area contributed by atoms with Crippen LogP contribution in [-0.2, 0) is 14.3 Å². The Bertz CT molecular complexity index is 438. The van der Waals surface area contributed by atoms with Gasteiger partial charge >= 0.3 is 11.8 Å². The molecule has 0 aliphatic rings. The van der Waals surface area contributed by atoms with Gasteiger partial charge in [-0.1, -0.05) is 6.07 Å². The molecule has 1 aromatic carbocycles. The second kappa shape index (κ2) is 7.53. The number of aryl methyl sites for hydroxylation is 2. The quantitative estimate of drug-likeness (QED) is 0.624. The molecule has 104 valence electrons. The van der Waals surface area contributed by atoms with Crippen LogP contribution in [0.2, 0.25) is 0 Å². The fourth-order valence-corrected chi connectivity index (χ4v) is 1.73. The molecular weight excluding hydrogens is 244 g/mol. The van der Waals surface area contributed by atoms with Gasteiger partial charge in [-0.3, -0.25) is 9.59 Å². The molecule has 0 bridgehead atoms. The number of rotatable bonds is 5. The lowest BCUT2D eigenvalue weighted by Gasteiger charge is -2.08. The van der Waals surface area contributed by atoms with E-state index in [-0.39, 0.29) is 0 Å². The highest BCUT2D eigenvalue weighted by Crippen LogP contribution is 2.13. The van der Waals surface area contributed by atoms with Crippen LogP contribution in [0.1, 0.15) is 17.5 Å². The lowest BCUT2D eigenvalue weighted by atomic mass is 10.1. The smallest absolute Gasteiger partial charge is 0.313 e. The Labute approximate surface area is 113 Å². The third kappa shape index (κ3) is 5.52. The molecule has 0 radical (unpaired) electrons. The first-order valence-corrected chi connectivity index (χ1v) is 6.19. The van der Waals surface area contributed by atoms with Crippen molar-refractivity contribution in [2.24, 2.45) is 0 Å². The van der Waals surface area contributed by atoms with Crippen LogP contribution >= 0.6 is 0 Å². The van der Waals surface area contributed by atoms with Crippen LogP contribution in [0.4, 0.5) is 5.69 Å². The zero-order valence-corrected chi connectivity index (χ0v) is 11.6. The Morgan fingerprint density at radius 2 is 1.74 bits per heavy atom. The average Bonchev–Trinajstić information content (AvgIpc) is 2.33. The summed E-state index contributed by atoms with van der Waals surface area (Å²) in [5.41, 5.74) is 2.71. The Kier molecular flexibility index (Phi) is 6.02. The maximum Gasteiger partial charge on any atom is 0.313 e. The van der Waals surface area contributed by atoms with Gasteiger partial charge in [-0.05, 0) is 43.5 Å². The van der Waals surface area contributed by atoms with Gasteiger partial charge in [0.25, 0.3) is 0 Å². The van der Waals surface area contributed by atoms with Crippen molar-refractivity contribution in [3.63, 3.8) is 0 Å². The van der Waals surface area contributed by atoms with E-state index in [0.29, 0.717) is 25.3 Å². The first-order chi connectivity index (χ1) is 9.02. The summed E-state index contributed by atoms with van der Waals surface area (Å²) in [5.74, 6) is -1.28. The predicted molar refractivity (Wildman–Crippen MR) is 74.0 cm³/mol. The zero-order chi connectivity index (χ0) is 14.3. The molecule has 0 unspecified atom stereocenters. The number of benzene rings is 1. The maximum absolute atomic E-state index is 11.6. The molecule has 0 aliphatic heterocycles. The van der Waals surface area contributed by atoms with Crippen LogP contribution in [0.3, 0.4) is 0 Å². The summed E-state index contributed by atoms with van der Waals surface area (Å²) in [5, 5.41) is 5.12. The SMILES string of the molecule is COCCCNC(=O)C(=O)Nc1cc(C)cc(C)c1. The van der Waals surface area contributed by atoms with E-state index in [1.807, 2.05) is 32.0 Å². The largest absolute Gasteiger partial charge is 0.385 e. The molecular formula is C14H20N2O3. The van der Waals surface area contributed by atoms with Crippen molar-refractivity contribution >= 4 is 17.5 Å². The number of anilines is 1. The summed E-state index contributed by atoms with van der Waals surface area (Å²) in [4.78, 5) is 23.2. The van der Waals surface area contributed by atoms with Crippen molar-refractivity contribution < 1.29 is 14.3 Å². The van der Waals surface area contributed by atoms with Crippen LogP contribution in [0.5, 0.6) is 0 Å². The van der Waals surface area contributed by atoms with Crippen molar-refractivity contribution in [3.8, 4) is 0 Å². The molecule has 2 N–H and O–H groups in total. The van der Waals surface area contributed by atoms with Crippen LogP contribution in [0.25, 0.3) is 0 Å². The standard InChI is InChI=1S/C14H20N2O3/c1-10-7-11(2)9-12(8-10)16-14(18)13(17)15-5-4-6-19-3/h7-9H,4-6H2,1-3H3,(H,15,17)(H,16,18). The highest BCUT2D eigenvalue weighted by molar-refractivity contribution is 6.39. The number of nitrogens with one attached hydrogen (secondary N) is 2. The highest BCUT2D eigenvalue weighted by atomic mass is 16.5. The molecule has 5 nitrogen and oxygen atoms in total. The molecule has 2 amide bonds. The van der Waals surface area contributed by atoms with Crippen molar-refractivity contribution in [2.75, 3.05) is 25.6 Å². The van der Waals surface area contributed by atoms with E-state index in [2.05, 4.69) is 10.6 Å². The topological polar surface area (TPSA) is 67.4 Å². The van der Waals surface area contributed by atoms with Crippen molar-refractivity contribution in [1.29, 1.82) is 0 Å². The molecule has 0 aliphatic carbocycles. The number of hydrogen-bond acceptors (Lipinski definition) is 3. The van der Waals surface area contributed by atoms with Gasteiger partial charge in [0.1, 0.15) is 0 Å². The van der Waals surface area contributed by atoms with Crippen LogP contribution in [0.15, 0.2) is 18.2 Å². The Morgan fingerprint density at radius 1 is 1.11 bits per heavy atom. The van der Waals surface area contributed by atoms with E-state index in [4.69, 9.17) is 4.74 Å². The summed E-state index contributed by atoms with van der Waals surface area (Å²) in [6.45, 7) is 4.85. The fraction of sp³-hybridized carbons (Fsp3) is 0.429. The molecule has 0 spiro atoms. The summed E-state index contributed by atoms with van der Waals surface area (Å²) in [7, 11) is 1.59. The predicted octanol–water partition coefficient (Wildman–Crippen LogP) is 1.39. The zero-order valence-electron chi connectivity index (χ0n) is 11.6. The van der Waals surface area contributed by atoms with E-state index in [1.54, 1.807) is 7.11 Å². The van der Waals surface area contributed by atoms with Gasteiger partial charge in [0, 0.05) is 25.9 Å². The van der Waals surface area contributed by atoms with Crippen molar-refractivity contribution in [3.05, 3.63) is 29.3 Å². The lowest BCUT2D eigenvalue weighted by Crippen LogP contribution is -2.36. The van der Waals surface area contributed by atoms with Gasteiger partial charge in [-0.15, -0.1) is 0 Å². The summed E-state index contributed by atoms with van der Waals surface area (Å²) < 4.78 is 4.85. The minimum Gasteiger partial charge on any atom is -0.385 e. The second-order valence-electron chi connectivity index (χ2n) is 4.43. The monoisotopic (exact) mass is 264 g/mol. The third-order valence-electron chi connectivity index (χ3n) is 2.50. The third-order valence-corrected chi connectivity index (χ3v) is 2.50. The van der Waals surface area contributed by atoms with Gasteiger partial charge in [0.2, 0.25) is 0 Å². The summed E-state index contributed by atoms with van der Waals surface area (Å²) in [6.07, 6.45) is 0.680. The number of ether oxygens (including phenoxy) is 1. The molecule has 5 heteroatoms. The molecule has 0 fully saturated rings. The summed E-state index contributed by atoms with van der Waals surface area (Å²) >= 11 is 0. The number of methoxy groups -OCH3 is 1. The summed E-state index contributed by atoms with van der Waals surface area (Å²) in [6, 6.07) is 5.65. The molecule has 0 heterocycles. The van der Waals surface area contributed by atoms with Gasteiger partial charge in [-0.2, -0.15) is 0 Å². The van der Waals surface area contributed by atoms with Crippen LogP contribution < -0.4 is 10.6 Å². The second-order valence-corrected chi connectivity index (χ2v) is 4.43. The number of carbonyl (C=O) groups excluding carboxylic acids is 2. The van der Waals surface area contributed by atoms with E-state index >= 15 is 0 Å². The average molecular weight is 264 g/mol. The molecule has 0 aromatic heterocycles. The molecule has 19 heavy (non-hydrogen) atoms. The van der Waals surface area contributed by atoms with Gasteiger partial charge in [0.05, 0.1) is 0 Å². The van der Waals surface area contributed by atoms with E-state index < -0.39 is 11.8 Å². The molecule has 1 aromatic rings. The van der Waals surface area contributed by atoms with E-state index in [0.717, 1.165) is 11.1 Å². The number of hydrogen-bond donors (Lipinski definition) is 2. The van der Waals surface area contributed by atoms with E-state index in [1.165, 1.54) is 0 Å². The normalized spacial score (nSPS) is 10.1. The molecule has 1 rings (SSSR count). The van der Waals surface area contributed by atoms with Crippen molar-refractivity contribution in [2.45, 2.75) is 20.3 Å². The molecule has 0 atom stereocenters. The minimum absolute atomic E-state index is 0.424. The Morgan fingerprint density at radius 3 is 2.32 bits per heavy atom. The van der Waals surface area contributed by atoms with Crippen molar-refractivity contribution in [1.82, 2.24) is 5.32 Å². The maximum atomic E-state index is 11.6. The van der Waals surface area contributed by atoms with Gasteiger partial charge < -0.3 is 15.4 Å². The molecule has 0 saturated carbocycles. The first kappa shape index (κ1) is 15.2. The number of amides is 2. The Balaban J connectivity index is 2.47. The van der Waals surface area contributed by atoms with Gasteiger partial charge in [-0.25, -0.2) is 0 Å². The van der Waals surface area contributed by atoms with E-state index in [9.17, 15) is 9.59 Å². The van der Waals surface area contributed by atoms with Gasteiger partial charge in [0.15, 0.2) is 0 Å². The first-order valence-electron chi connectivity index (χ1n) is 6.19. The molecule has 0 saturated heterocycles.